The van der Waals surface area contributed by atoms with E-state index in [0.29, 0.717) is 0 Å². The number of nitrogens with one attached hydrogen (secondary N) is 1. The molecule has 5 nitrogen and oxygen atoms in total. The summed E-state index contributed by atoms with van der Waals surface area (Å²) in [5.74, 6) is -0.631. The first-order chi connectivity index (χ1) is 8.51. The Kier molecular flexibility index (Phi) is 9.92. The zero-order chi connectivity index (χ0) is 14.0. The summed E-state index contributed by atoms with van der Waals surface area (Å²) in [5, 5.41) is 11.6. The lowest BCUT2D eigenvalue weighted by Gasteiger charge is -2.16. The predicted molar refractivity (Wildman–Crippen MR) is 70.3 cm³/mol. The number of hydrogen-bond acceptors (Lipinski definition) is 4. The van der Waals surface area contributed by atoms with Gasteiger partial charge in [-0.15, -0.1) is 0 Å². The van der Waals surface area contributed by atoms with Crippen LogP contribution in [0.25, 0.3) is 0 Å². The summed E-state index contributed by atoms with van der Waals surface area (Å²) in [7, 11) is 3.31. The van der Waals surface area contributed by atoms with Crippen LogP contribution in [0.2, 0.25) is 0 Å². The topological polar surface area (TPSA) is 67.8 Å². The van der Waals surface area contributed by atoms with Crippen molar-refractivity contribution < 1.29 is 19.4 Å². The molecule has 5 heteroatoms. The van der Waals surface area contributed by atoms with Gasteiger partial charge in [0.2, 0.25) is 0 Å². The van der Waals surface area contributed by atoms with E-state index in [4.69, 9.17) is 14.6 Å². The summed E-state index contributed by atoms with van der Waals surface area (Å²) in [6.07, 6.45) is 5.35. The van der Waals surface area contributed by atoms with Gasteiger partial charge in [-0.25, -0.2) is 0 Å². The Labute approximate surface area is 110 Å². The minimum atomic E-state index is -0.602. The van der Waals surface area contributed by atoms with Crippen LogP contribution >= 0.6 is 0 Å². The highest BCUT2D eigenvalue weighted by atomic mass is 16.5. The zero-order valence-electron chi connectivity index (χ0n) is 11.9. The van der Waals surface area contributed by atoms with Crippen LogP contribution in [0.15, 0.2) is 0 Å². The molecule has 18 heavy (non-hydrogen) atoms. The number of aliphatic carboxylic acids is 1. The Morgan fingerprint density at radius 1 is 1.11 bits per heavy atom. The number of carboxylic acid groups (broad SMARTS) is 1. The molecule has 0 spiro atoms. The number of carboxylic acids is 1. The molecule has 108 valence electrons. The number of carbonyl (C=O) groups is 1. The second-order valence-electron chi connectivity index (χ2n) is 4.60. The molecule has 0 saturated heterocycles. The van der Waals surface area contributed by atoms with Gasteiger partial charge in [-0.2, -0.15) is 0 Å². The summed E-state index contributed by atoms with van der Waals surface area (Å²) in [4.78, 5) is 10.4. The molecule has 1 saturated carbocycles. The van der Waals surface area contributed by atoms with Crippen molar-refractivity contribution in [1.29, 1.82) is 0 Å². The first kappa shape index (κ1) is 17.4. The van der Waals surface area contributed by atoms with Crippen LogP contribution in [0, 0.1) is 5.92 Å². The van der Waals surface area contributed by atoms with Crippen molar-refractivity contribution in [2.75, 3.05) is 14.2 Å². The molecule has 0 aromatic carbocycles. The summed E-state index contributed by atoms with van der Waals surface area (Å²) < 4.78 is 9.86. The fourth-order valence-corrected chi connectivity index (χ4v) is 1.82. The molecule has 0 heterocycles. The predicted octanol–water partition coefficient (Wildman–Crippen LogP) is 2.21. The molecule has 1 aliphatic carbocycles. The lowest BCUT2D eigenvalue weighted by Crippen LogP contribution is -2.36. The first-order valence-corrected chi connectivity index (χ1v) is 6.55. The van der Waals surface area contributed by atoms with E-state index in [1.54, 1.807) is 14.2 Å². The van der Waals surface area contributed by atoms with Crippen molar-refractivity contribution >= 4 is 5.97 Å². The molecule has 0 aromatic heterocycles. The minimum absolute atomic E-state index is 0.0289. The van der Waals surface area contributed by atoms with Gasteiger partial charge in [-0.05, 0) is 26.7 Å². The van der Waals surface area contributed by atoms with E-state index in [1.165, 1.54) is 6.42 Å². The highest BCUT2D eigenvalue weighted by Gasteiger charge is 2.19. The lowest BCUT2D eigenvalue weighted by molar-refractivity contribution is -0.142. The van der Waals surface area contributed by atoms with Crippen molar-refractivity contribution in [1.82, 2.24) is 5.32 Å². The second-order valence-corrected chi connectivity index (χ2v) is 4.60. The monoisotopic (exact) mass is 261 g/mol. The Bertz CT molecular complexity index is 209. The Balaban J connectivity index is 0.000000321. The molecule has 0 radical (unpaired) electrons. The van der Waals surface area contributed by atoms with Crippen LogP contribution in [0.4, 0.5) is 0 Å². The number of ether oxygens (including phenoxy) is 2. The van der Waals surface area contributed by atoms with Gasteiger partial charge in [0.15, 0.2) is 0 Å². The molecule has 0 aliphatic heterocycles. The highest BCUT2D eigenvalue weighted by molar-refractivity contribution is 5.69. The maximum atomic E-state index is 10.4. The summed E-state index contributed by atoms with van der Waals surface area (Å²) in [6.45, 7) is 3.85. The molecule has 0 aromatic rings. The van der Waals surface area contributed by atoms with Gasteiger partial charge in [0.25, 0.3) is 0 Å². The standard InChI is InChI=1S/C7H12O2.C6H15NO2/c8-7(9)6-4-2-1-3-5-6;1-5(8-3)7-6(2)9-4/h6H,1-5H2,(H,8,9);5-7H,1-4H3. The number of methoxy groups -OCH3 is 2. The Morgan fingerprint density at radius 3 is 1.83 bits per heavy atom. The third-order valence-electron chi connectivity index (χ3n) is 3.13. The molecule has 0 bridgehead atoms. The van der Waals surface area contributed by atoms with E-state index < -0.39 is 5.97 Å². The van der Waals surface area contributed by atoms with Gasteiger partial charge in [0, 0.05) is 14.2 Å². The van der Waals surface area contributed by atoms with Crippen LogP contribution in [-0.2, 0) is 14.3 Å². The largest absolute Gasteiger partial charge is 0.481 e. The number of hydrogen-bond donors (Lipinski definition) is 2. The fourth-order valence-electron chi connectivity index (χ4n) is 1.82. The van der Waals surface area contributed by atoms with Gasteiger partial charge < -0.3 is 14.6 Å². The summed E-state index contributed by atoms with van der Waals surface area (Å²) >= 11 is 0. The third kappa shape index (κ3) is 8.44. The van der Waals surface area contributed by atoms with E-state index in [0.717, 1.165) is 25.7 Å². The van der Waals surface area contributed by atoms with Crippen LogP contribution in [0.5, 0.6) is 0 Å². The maximum absolute atomic E-state index is 10.4. The molecular weight excluding hydrogens is 234 g/mol. The second kappa shape index (κ2) is 10.3. The van der Waals surface area contributed by atoms with Crippen molar-refractivity contribution in [2.45, 2.75) is 58.4 Å². The van der Waals surface area contributed by atoms with Crippen LogP contribution in [0.3, 0.4) is 0 Å². The SMILES string of the molecule is COC(C)NC(C)OC.O=C(O)C1CCCCC1. The summed E-state index contributed by atoms with van der Waals surface area (Å²) in [5.41, 5.74) is 0. The van der Waals surface area contributed by atoms with Gasteiger partial charge >= 0.3 is 5.97 Å². The molecular formula is C13H27NO4. The van der Waals surface area contributed by atoms with Crippen molar-refractivity contribution in [3.8, 4) is 0 Å². The van der Waals surface area contributed by atoms with Gasteiger partial charge in [0.1, 0.15) is 12.5 Å². The van der Waals surface area contributed by atoms with E-state index in [2.05, 4.69) is 5.32 Å². The van der Waals surface area contributed by atoms with E-state index in [-0.39, 0.29) is 18.4 Å². The minimum Gasteiger partial charge on any atom is -0.481 e. The smallest absolute Gasteiger partial charge is 0.306 e. The average molecular weight is 261 g/mol. The molecule has 1 fully saturated rings. The molecule has 0 amide bonds. The molecule has 2 N–H and O–H groups in total. The summed E-state index contributed by atoms with van der Waals surface area (Å²) in [6, 6.07) is 0. The molecule has 1 aliphatic rings. The highest BCUT2D eigenvalue weighted by Crippen LogP contribution is 2.23. The quantitative estimate of drug-likeness (QED) is 0.743. The van der Waals surface area contributed by atoms with E-state index in [9.17, 15) is 4.79 Å². The van der Waals surface area contributed by atoms with Crippen molar-refractivity contribution in [3.63, 3.8) is 0 Å². The third-order valence-corrected chi connectivity index (χ3v) is 3.13. The zero-order valence-corrected chi connectivity index (χ0v) is 11.9. The molecule has 1 rings (SSSR count). The maximum Gasteiger partial charge on any atom is 0.306 e. The average Bonchev–Trinajstić information content (AvgIpc) is 2.40. The van der Waals surface area contributed by atoms with Gasteiger partial charge in [0.05, 0.1) is 5.92 Å². The lowest BCUT2D eigenvalue weighted by atomic mass is 9.90. The Hall–Kier alpha value is -0.650. The van der Waals surface area contributed by atoms with Gasteiger partial charge in [-0.1, -0.05) is 19.3 Å². The van der Waals surface area contributed by atoms with Gasteiger partial charge in [-0.3, -0.25) is 10.1 Å². The fraction of sp³-hybridized carbons (Fsp3) is 0.923. The van der Waals surface area contributed by atoms with Crippen LogP contribution in [0.1, 0.15) is 46.0 Å². The number of rotatable bonds is 5. The van der Waals surface area contributed by atoms with E-state index >= 15 is 0 Å². The molecule has 2 unspecified atom stereocenters. The van der Waals surface area contributed by atoms with Crippen LogP contribution < -0.4 is 5.32 Å². The Morgan fingerprint density at radius 2 is 1.56 bits per heavy atom. The first-order valence-electron chi connectivity index (χ1n) is 6.55. The molecule has 2 atom stereocenters. The van der Waals surface area contributed by atoms with Crippen molar-refractivity contribution in [3.05, 3.63) is 0 Å². The van der Waals surface area contributed by atoms with Crippen LogP contribution in [-0.4, -0.2) is 37.8 Å². The van der Waals surface area contributed by atoms with Crippen molar-refractivity contribution in [2.24, 2.45) is 5.92 Å². The van der Waals surface area contributed by atoms with E-state index in [1.807, 2.05) is 13.8 Å². The normalized spacial score (nSPS) is 19.6.